The maximum atomic E-state index is 6.09. The molecule has 1 fully saturated rings. The van der Waals surface area contributed by atoms with Crippen LogP contribution in [0.2, 0.25) is 0 Å². The molecule has 2 aromatic heterocycles. The molecular weight excluding hydrogens is 348 g/mol. The summed E-state index contributed by atoms with van der Waals surface area (Å²) in [5.41, 5.74) is 11.1. The van der Waals surface area contributed by atoms with E-state index in [1.165, 1.54) is 31.4 Å². The molecule has 3 aromatic rings. The normalized spacial score (nSPS) is 15.8. The highest BCUT2D eigenvalue weighted by Crippen LogP contribution is 2.29. The largest absolute Gasteiger partial charge is 0.491 e. The van der Waals surface area contributed by atoms with E-state index < -0.39 is 0 Å². The zero-order valence-electron chi connectivity index (χ0n) is 16.9. The topological polar surface area (TPSA) is 55.8 Å². The van der Waals surface area contributed by atoms with E-state index in [1.54, 1.807) is 0 Å². The van der Waals surface area contributed by atoms with Gasteiger partial charge in [0.2, 0.25) is 0 Å². The maximum absolute atomic E-state index is 6.09. The summed E-state index contributed by atoms with van der Waals surface area (Å²) in [5, 5.41) is 0. The number of benzene rings is 1. The zero-order valence-corrected chi connectivity index (χ0v) is 16.9. The van der Waals surface area contributed by atoms with Crippen LogP contribution in [0.15, 0.2) is 42.6 Å². The molecular formula is C23H30N4O. The second-order valence-corrected chi connectivity index (χ2v) is 7.98. The van der Waals surface area contributed by atoms with Crippen molar-refractivity contribution in [2.45, 2.75) is 52.2 Å². The highest BCUT2D eigenvalue weighted by atomic mass is 16.5. The van der Waals surface area contributed by atoms with E-state index in [0.29, 0.717) is 0 Å². The van der Waals surface area contributed by atoms with Gasteiger partial charge in [-0.3, -0.25) is 4.90 Å². The van der Waals surface area contributed by atoms with Crippen molar-refractivity contribution in [2.75, 3.05) is 18.8 Å². The number of ether oxygens (including phenoxy) is 1. The van der Waals surface area contributed by atoms with Gasteiger partial charge in [0.15, 0.2) is 0 Å². The SMILES string of the molecule is CC(C)Oc1ccc(-c2nc3ccc(N)cn3c2CN2CCCCCC2)cc1. The summed E-state index contributed by atoms with van der Waals surface area (Å²) in [4.78, 5) is 7.50. The van der Waals surface area contributed by atoms with E-state index in [-0.39, 0.29) is 6.10 Å². The van der Waals surface area contributed by atoms with Crippen LogP contribution in [0.25, 0.3) is 16.9 Å². The number of hydrogen-bond acceptors (Lipinski definition) is 4. The summed E-state index contributed by atoms with van der Waals surface area (Å²) in [6.45, 7) is 7.27. The van der Waals surface area contributed by atoms with Crippen LogP contribution in [0.4, 0.5) is 5.69 Å². The summed E-state index contributed by atoms with van der Waals surface area (Å²) in [6.07, 6.45) is 7.38. The minimum absolute atomic E-state index is 0.169. The van der Waals surface area contributed by atoms with Gasteiger partial charge in [0.1, 0.15) is 11.4 Å². The number of rotatable bonds is 5. The quantitative estimate of drug-likeness (QED) is 0.696. The summed E-state index contributed by atoms with van der Waals surface area (Å²) >= 11 is 0. The molecule has 1 aliphatic heterocycles. The predicted octanol–water partition coefficient (Wildman–Crippen LogP) is 4.75. The first-order valence-electron chi connectivity index (χ1n) is 10.4. The third-order valence-electron chi connectivity index (χ3n) is 5.31. The van der Waals surface area contributed by atoms with E-state index in [9.17, 15) is 0 Å². The fourth-order valence-corrected chi connectivity index (χ4v) is 3.96. The van der Waals surface area contributed by atoms with Crippen molar-refractivity contribution < 1.29 is 4.74 Å². The second-order valence-electron chi connectivity index (χ2n) is 7.98. The molecule has 4 rings (SSSR count). The minimum Gasteiger partial charge on any atom is -0.491 e. The number of likely N-dealkylation sites (tertiary alicyclic amines) is 1. The molecule has 0 radical (unpaired) electrons. The van der Waals surface area contributed by atoms with Crippen LogP contribution in [0.3, 0.4) is 0 Å². The molecule has 0 bridgehead atoms. The van der Waals surface area contributed by atoms with Crippen molar-refractivity contribution in [3.05, 3.63) is 48.3 Å². The van der Waals surface area contributed by atoms with Gasteiger partial charge in [0, 0.05) is 24.0 Å². The van der Waals surface area contributed by atoms with Gasteiger partial charge in [-0.15, -0.1) is 0 Å². The van der Waals surface area contributed by atoms with Crippen LogP contribution >= 0.6 is 0 Å². The monoisotopic (exact) mass is 378 g/mol. The summed E-state index contributed by atoms with van der Waals surface area (Å²) in [7, 11) is 0. The number of nitrogens with two attached hydrogens (primary N) is 1. The molecule has 5 heteroatoms. The molecule has 0 amide bonds. The third kappa shape index (κ3) is 4.14. The van der Waals surface area contributed by atoms with E-state index >= 15 is 0 Å². The van der Waals surface area contributed by atoms with Crippen LogP contribution < -0.4 is 10.5 Å². The molecule has 2 N–H and O–H groups in total. The van der Waals surface area contributed by atoms with Gasteiger partial charge in [-0.1, -0.05) is 12.8 Å². The summed E-state index contributed by atoms with van der Waals surface area (Å²) < 4.78 is 7.96. The maximum Gasteiger partial charge on any atom is 0.137 e. The van der Waals surface area contributed by atoms with E-state index in [0.717, 1.165) is 48.0 Å². The summed E-state index contributed by atoms with van der Waals surface area (Å²) in [5.74, 6) is 0.890. The molecule has 3 heterocycles. The number of aromatic nitrogens is 2. The first-order chi connectivity index (χ1) is 13.6. The third-order valence-corrected chi connectivity index (χ3v) is 5.31. The Balaban J connectivity index is 1.72. The number of nitrogens with zero attached hydrogens (tertiary/aromatic N) is 3. The average Bonchev–Trinajstić information content (AvgIpc) is 2.84. The van der Waals surface area contributed by atoms with Gasteiger partial charge >= 0.3 is 0 Å². The standard InChI is InChI=1S/C23H30N4O/c1-17(2)28-20-10-7-18(8-11-20)23-21(16-26-13-5-3-4-6-14-26)27-15-19(24)9-12-22(27)25-23/h7-12,15,17H,3-6,13-14,16,24H2,1-2H3. The molecule has 0 aliphatic carbocycles. The molecule has 28 heavy (non-hydrogen) atoms. The Bertz CT molecular complexity index is 922. The van der Waals surface area contributed by atoms with Crippen molar-refractivity contribution in [3.8, 4) is 17.0 Å². The van der Waals surface area contributed by atoms with Crippen molar-refractivity contribution in [1.29, 1.82) is 0 Å². The predicted molar refractivity (Wildman–Crippen MR) is 115 cm³/mol. The molecule has 1 aliphatic rings. The van der Waals surface area contributed by atoms with Crippen molar-refractivity contribution in [2.24, 2.45) is 0 Å². The fourth-order valence-electron chi connectivity index (χ4n) is 3.96. The second kappa shape index (κ2) is 8.23. The molecule has 148 valence electrons. The van der Waals surface area contributed by atoms with Gasteiger partial charge in [0.05, 0.1) is 17.5 Å². The lowest BCUT2D eigenvalue weighted by Crippen LogP contribution is -2.25. The van der Waals surface area contributed by atoms with Crippen LogP contribution in [0.5, 0.6) is 5.75 Å². The van der Waals surface area contributed by atoms with Gasteiger partial charge in [0.25, 0.3) is 0 Å². The lowest BCUT2D eigenvalue weighted by atomic mass is 10.1. The Kier molecular flexibility index (Phi) is 5.53. The molecule has 1 saturated heterocycles. The molecule has 0 unspecified atom stereocenters. The fraction of sp³-hybridized carbons (Fsp3) is 0.435. The number of hydrogen-bond donors (Lipinski definition) is 1. The van der Waals surface area contributed by atoms with Gasteiger partial charge < -0.3 is 14.9 Å². The molecule has 0 saturated carbocycles. The number of nitrogen functional groups attached to an aromatic ring is 1. The lowest BCUT2D eigenvalue weighted by Gasteiger charge is -2.20. The Morgan fingerprint density at radius 1 is 1.00 bits per heavy atom. The minimum atomic E-state index is 0.169. The van der Waals surface area contributed by atoms with Gasteiger partial charge in [-0.05, 0) is 76.2 Å². The molecule has 5 nitrogen and oxygen atoms in total. The van der Waals surface area contributed by atoms with Crippen LogP contribution in [0, 0.1) is 0 Å². The number of anilines is 1. The van der Waals surface area contributed by atoms with E-state index in [2.05, 4.69) is 21.4 Å². The highest BCUT2D eigenvalue weighted by molar-refractivity contribution is 5.68. The summed E-state index contributed by atoms with van der Waals surface area (Å²) in [6, 6.07) is 12.2. The van der Waals surface area contributed by atoms with Crippen molar-refractivity contribution in [1.82, 2.24) is 14.3 Å². The van der Waals surface area contributed by atoms with E-state index in [4.69, 9.17) is 15.5 Å². The highest BCUT2D eigenvalue weighted by Gasteiger charge is 2.18. The van der Waals surface area contributed by atoms with Crippen LogP contribution in [-0.4, -0.2) is 33.5 Å². The van der Waals surface area contributed by atoms with Gasteiger partial charge in [-0.25, -0.2) is 4.98 Å². The van der Waals surface area contributed by atoms with Crippen molar-refractivity contribution >= 4 is 11.3 Å². The number of pyridine rings is 1. The molecule has 0 atom stereocenters. The van der Waals surface area contributed by atoms with Crippen LogP contribution in [-0.2, 0) is 6.54 Å². The Labute approximate surface area is 167 Å². The first kappa shape index (κ1) is 18.8. The van der Waals surface area contributed by atoms with E-state index in [1.807, 2.05) is 44.3 Å². The smallest absolute Gasteiger partial charge is 0.137 e. The zero-order chi connectivity index (χ0) is 19.5. The number of fused-ring (bicyclic) bond motifs is 1. The van der Waals surface area contributed by atoms with Crippen molar-refractivity contribution in [3.63, 3.8) is 0 Å². The Hall–Kier alpha value is -2.53. The average molecular weight is 379 g/mol. The Morgan fingerprint density at radius 2 is 1.71 bits per heavy atom. The molecule has 1 aromatic carbocycles. The van der Waals surface area contributed by atoms with Gasteiger partial charge in [-0.2, -0.15) is 0 Å². The number of imidazole rings is 1. The molecule has 0 spiro atoms. The van der Waals surface area contributed by atoms with Crippen LogP contribution in [0.1, 0.15) is 45.2 Å². The first-order valence-corrected chi connectivity index (χ1v) is 10.4. The lowest BCUT2D eigenvalue weighted by molar-refractivity contribution is 0.242. The Morgan fingerprint density at radius 3 is 2.39 bits per heavy atom.